The number of hydrogen-bond acceptors (Lipinski definition) is 1. The summed E-state index contributed by atoms with van der Waals surface area (Å²) in [5.74, 6) is 0. The lowest BCUT2D eigenvalue weighted by Gasteiger charge is -2.24. The summed E-state index contributed by atoms with van der Waals surface area (Å²) in [5.41, 5.74) is 12.2. The largest absolute Gasteiger partial charge is 0.398 e. The molecular formula is C16H19N. The number of anilines is 1. The number of nitrogen functional groups attached to an aromatic ring is 1. The van der Waals surface area contributed by atoms with Gasteiger partial charge in [-0.1, -0.05) is 50.8 Å². The SMILES string of the molecule is C=C/C=C\C1=C(C)c2cccc(N)c2C1(C)C. The van der Waals surface area contributed by atoms with Crippen molar-refractivity contribution in [2.75, 3.05) is 5.73 Å². The summed E-state index contributed by atoms with van der Waals surface area (Å²) >= 11 is 0. The molecule has 17 heavy (non-hydrogen) atoms. The number of benzene rings is 1. The Balaban J connectivity index is 2.67. The maximum absolute atomic E-state index is 6.13. The normalized spacial score (nSPS) is 17.6. The highest BCUT2D eigenvalue weighted by Gasteiger charge is 2.36. The van der Waals surface area contributed by atoms with E-state index in [1.807, 2.05) is 24.3 Å². The zero-order chi connectivity index (χ0) is 12.6. The van der Waals surface area contributed by atoms with E-state index in [1.54, 1.807) is 0 Å². The minimum atomic E-state index is -0.0235. The minimum absolute atomic E-state index is 0.0235. The number of allylic oxidation sites excluding steroid dienone is 5. The van der Waals surface area contributed by atoms with E-state index in [9.17, 15) is 0 Å². The fourth-order valence-electron chi connectivity index (χ4n) is 2.83. The van der Waals surface area contributed by atoms with Crippen molar-refractivity contribution in [2.24, 2.45) is 0 Å². The first-order valence-corrected chi connectivity index (χ1v) is 5.90. The molecule has 88 valence electrons. The third-order valence-electron chi connectivity index (χ3n) is 3.60. The number of fused-ring (bicyclic) bond motifs is 1. The highest BCUT2D eigenvalue weighted by Crippen LogP contribution is 2.48. The lowest BCUT2D eigenvalue weighted by Crippen LogP contribution is -2.18. The first-order valence-electron chi connectivity index (χ1n) is 5.90. The monoisotopic (exact) mass is 225 g/mol. The van der Waals surface area contributed by atoms with E-state index in [4.69, 9.17) is 5.73 Å². The van der Waals surface area contributed by atoms with Crippen LogP contribution in [-0.4, -0.2) is 0 Å². The second-order valence-corrected chi connectivity index (χ2v) is 5.03. The van der Waals surface area contributed by atoms with Crippen LogP contribution in [0.2, 0.25) is 0 Å². The fraction of sp³-hybridized carbons (Fsp3) is 0.250. The minimum Gasteiger partial charge on any atom is -0.398 e. The molecule has 1 nitrogen and oxygen atoms in total. The average Bonchev–Trinajstić information content (AvgIpc) is 2.46. The third kappa shape index (κ3) is 1.62. The zero-order valence-corrected chi connectivity index (χ0v) is 10.7. The average molecular weight is 225 g/mol. The molecule has 1 aliphatic rings. The van der Waals surface area contributed by atoms with Gasteiger partial charge >= 0.3 is 0 Å². The van der Waals surface area contributed by atoms with Gasteiger partial charge in [0.1, 0.15) is 0 Å². The van der Waals surface area contributed by atoms with Crippen LogP contribution in [0.3, 0.4) is 0 Å². The molecule has 1 heteroatoms. The standard InChI is InChI=1S/C16H19N/c1-5-6-9-13-11(2)12-8-7-10-14(17)15(12)16(13,3)4/h5-10H,1,17H2,2-4H3/b9-6-. The van der Waals surface area contributed by atoms with Crippen molar-refractivity contribution in [3.05, 3.63) is 59.7 Å². The third-order valence-corrected chi connectivity index (χ3v) is 3.60. The van der Waals surface area contributed by atoms with E-state index in [-0.39, 0.29) is 5.41 Å². The highest BCUT2D eigenvalue weighted by molar-refractivity contribution is 5.84. The molecule has 0 aromatic heterocycles. The van der Waals surface area contributed by atoms with Crippen molar-refractivity contribution in [3.8, 4) is 0 Å². The molecule has 0 atom stereocenters. The summed E-state index contributed by atoms with van der Waals surface area (Å²) in [7, 11) is 0. The van der Waals surface area contributed by atoms with Crippen molar-refractivity contribution in [3.63, 3.8) is 0 Å². The molecule has 1 aliphatic carbocycles. The van der Waals surface area contributed by atoms with E-state index in [0.717, 1.165) is 5.69 Å². The van der Waals surface area contributed by atoms with Gasteiger partial charge in [0.05, 0.1) is 0 Å². The summed E-state index contributed by atoms with van der Waals surface area (Å²) in [6.45, 7) is 10.3. The van der Waals surface area contributed by atoms with Crippen LogP contribution < -0.4 is 5.73 Å². The Bertz CT molecular complexity index is 530. The molecule has 0 bridgehead atoms. The van der Waals surface area contributed by atoms with E-state index in [0.29, 0.717) is 0 Å². The van der Waals surface area contributed by atoms with Crippen molar-refractivity contribution in [1.82, 2.24) is 0 Å². The van der Waals surface area contributed by atoms with Gasteiger partial charge in [0, 0.05) is 11.1 Å². The molecule has 0 amide bonds. The van der Waals surface area contributed by atoms with Gasteiger partial charge in [0.15, 0.2) is 0 Å². The van der Waals surface area contributed by atoms with Gasteiger partial charge in [0.25, 0.3) is 0 Å². The molecule has 0 unspecified atom stereocenters. The number of rotatable bonds is 2. The van der Waals surface area contributed by atoms with Crippen molar-refractivity contribution in [2.45, 2.75) is 26.2 Å². The first kappa shape index (κ1) is 11.7. The maximum Gasteiger partial charge on any atom is 0.0361 e. The molecule has 0 spiro atoms. The van der Waals surface area contributed by atoms with Gasteiger partial charge in [-0.15, -0.1) is 0 Å². The molecular weight excluding hydrogens is 206 g/mol. The topological polar surface area (TPSA) is 26.0 Å². The molecule has 0 saturated heterocycles. The lowest BCUT2D eigenvalue weighted by atomic mass is 9.80. The van der Waals surface area contributed by atoms with Gasteiger partial charge < -0.3 is 5.73 Å². The molecule has 2 rings (SSSR count). The van der Waals surface area contributed by atoms with Crippen molar-refractivity contribution >= 4 is 11.3 Å². The molecule has 0 radical (unpaired) electrons. The zero-order valence-electron chi connectivity index (χ0n) is 10.7. The van der Waals surface area contributed by atoms with Crippen LogP contribution in [0.15, 0.2) is 48.6 Å². The Hall–Kier alpha value is -1.76. The highest BCUT2D eigenvalue weighted by atomic mass is 14.6. The lowest BCUT2D eigenvalue weighted by molar-refractivity contribution is 0.656. The van der Waals surface area contributed by atoms with Gasteiger partial charge in [-0.3, -0.25) is 0 Å². The second-order valence-electron chi connectivity index (χ2n) is 5.03. The molecule has 0 aliphatic heterocycles. The molecule has 0 saturated carbocycles. The summed E-state index contributed by atoms with van der Waals surface area (Å²) < 4.78 is 0. The van der Waals surface area contributed by atoms with E-state index in [2.05, 4.69) is 39.5 Å². The Kier molecular flexibility index (Phi) is 2.70. The van der Waals surface area contributed by atoms with Crippen LogP contribution in [0.25, 0.3) is 5.57 Å². The number of hydrogen-bond donors (Lipinski definition) is 1. The Morgan fingerprint density at radius 2 is 2.00 bits per heavy atom. The van der Waals surface area contributed by atoms with Crippen molar-refractivity contribution < 1.29 is 0 Å². The van der Waals surface area contributed by atoms with Crippen LogP contribution in [0, 0.1) is 0 Å². The van der Waals surface area contributed by atoms with E-state index < -0.39 is 0 Å². The summed E-state index contributed by atoms with van der Waals surface area (Å²) in [6.07, 6.45) is 5.94. The van der Waals surface area contributed by atoms with Crippen LogP contribution in [-0.2, 0) is 5.41 Å². The first-order chi connectivity index (χ1) is 8.00. The fourth-order valence-corrected chi connectivity index (χ4v) is 2.83. The predicted molar refractivity (Wildman–Crippen MR) is 75.8 cm³/mol. The molecule has 0 fully saturated rings. The molecule has 1 aromatic rings. The van der Waals surface area contributed by atoms with Crippen LogP contribution in [0.5, 0.6) is 0 Å². The predicted octanol–water partition coefficient (Wildman–Crippen LogP) is 4.08. The Morgan fingerprint density at radius 1 is 1.29 bits per heavy atom. The summed E-state index contributed by atoms with van der Waals surface area (Å²) in [6, 6.07) is 6.15. The summed E-state index contributed by atoms with van der Waals surface area (Å²) in [4.78, 5) is 0. The van der Waals surface area contributed by atoms with Crippen LogP contribution >= 0.6 is 0 Å². The van der Waals surface area contributed by atoms with Crippen LogP contribution in [0.1, 0.15) is 31.9 Å². The summed E-state index contributed by atoms with van der Waals surface area (Å²) in [5, 5.41) is 0. The van der Waals surface area contributed by atoms with Crippen molar-refractivity contribution in [1.29, 1.82) is 0 Å². The van der Waals surface area contributed by atoms with Gasteiger partial charge in [-0.05, 0) is 35.3 Å². The molecule has 0 heterocycles. The smallest absolute Gasteiger partial charge is 0.0361 e. The van der Waals surface area contributed by atoms with E-state index in [1.165, 1.54) is 22.3 Å². The maximum atomic E-state index is 6.13. The Labute approximate surface area is 103 Å². The van der Waals surface area contributed by atoms with E-state index >= 15 is 0 Å². The number of nitrogens with two attached hydrogens (primary N) is 1. The quantitative estimate of drug-likeness (QED) is 0.595. The molecule has 1 aromatic carbocycles. The van der Waals surface area contributed by atoms with Gasteiger partial charge in [-0.25, -0.2) is 0 Å². The van der Waals surface area contributed by atoms with Gasteiger partial charge in [0.2, 0.25) is 0 Å². The second kappa shape index (κ2) is 3.92. The van der Waals surface area contributed by atoms with Crippen LogP contribution in [0.4, 0.5) is 5.69 Å². The Morgan fingerprint density at radius 3 is 2.59 bits per heavy atom. The van der Waals surface area contributed by atoms with Gasteiger partial charge in [-0.2, -0.15) is 0 Å². The molecule has 2 N–H and O–H groups in total.